The summed E-state index contributed by atoms with van der Waals surface area (Å²) in [4.78, 5) is 0. The fourth-order valence-electron chi connectivity index (χ4n) is 2.77. The van der Waals surface area contributed by atoms with Gasteiger partial charge in [0.25, 0.3) is 0 Å². The molecule has 0 saturated carbocycles. The van der Waals surface area contributed by atoms with Crippen LogP contribution >= 0.6 is 0 Å². The summed E-state index contributed by atoms with van der Waals surface area (Å²) < 4.78 is 5.58. The molecule has 2 heteroatoms. The Bertz CT molecular complexity index is 154. The summed E-state index contributed by atoms with van der Waals surface area (Å²) in [5.74, 6) is 0.606. The number of rotatable bonds is 4. The quantitative estimate of drug-likeness (QED) is 0.729. The van der Waals surface area contributed by atoms with Crippen molar-refractivity contribution in [3.63, 3.8) is 0 Å². The van der Waals surface area contributed by atoms with Crippen molar-refractivity contribution in [2.24, 2.45) is 11.3 Å². The van der Waals surface area contributed by atoms with E-state index in [2.05, 4.69) is 20.8 Å². The van der Waals surface area contributed by atoms with Crippen LogP contribution in [-0.2, 0) is 4.74 Å². The molecule has 0 spiro atoms. The molecule has 1 aliphatic heterocycles. The average molecular weight is 186 g/mol. The van der Waals surface area contributed by atoms with Gasteiger partial charge in [-0.2, -0.15) is 0 Å². The Morgan fingerprint density at radius 3 is 2.38 bits per heavy atom. The standard InChI is InChI=1S/C11H22O2/c1-4-10(5-2)11(8-12)6-7-13-9(11)3/h9-10,12H,4-8H2,1-3H3. The summed E-state index contributed by atoms with van der Waals surface area (Å²) in [7, 11) is 0. The van der Waals surface area contributed by atoms with Crippen LogP contribution in [0.1, 0.15) is 40.0 Å². The van der Waals surface area contributed by atoms with Crippen molar-refractivity contribution in [2.45, 2.75) is 46.1 Å². The molecule has 13 heavy (non-hydrogen) atoms. The third-order valence-corrected chi connectivity index (χ3v) is 3.84. The molecule has 1 fully saturated rings. The third kappa shape index (κ3) is 1.75. The number of aliphatic hydroxyl groups is 1. The summed E-state index contributed by atoms with van der Waals surface area (Å²) in [6, 6.07) is 0. The van der Waals surface area contributed by atoms with Gasteiger partial charge in [-0.15, -0.1) is 0 Å². The first-order valence-electron chi connectivity index (χ1n) is 5.43. The number of hydrogen-bond acceptors (Lipinski definition) is 2. The maximum atomic E-state index is 9.54. The average Bonchev–Trinajstić information content (AvgIpc) is 2.51. The van der Waals surface area contributed by atoms with Crippen LogP contribution in [0.3, 0.4) is 0 Å². The van der Waals surface area contributed by atoms with Crippen molar-refractivity contribution in [3.05, 3.63) is 0 Å². The number of ether oxygens (including phenoxy) is 1. The third-order valence-electron chi connectivity index (χ3n) is 3.84. The van der Waals surface area contributed by atoms with Gasteiger partial charge in [0.15, 0.2) is 0 Å². The SMILES string of the molecule is CCC(CC)C1(CO)CCOC1C. The minimum Gasteiger partial charge on any atom is -0.396 e. The van der Waals surface area contributed by atoms with Crippen LogP contribution in [0.25, 0.3) is 0 Å². The monoisotopic (exact) mass is 186 g/mol. The fraction of sp³-hybridized carbons (Fsp3) is 1.00. The second-order valence-electron chi connectivity index (χ2n) is 4.17. The van der Waals surface area contributed by atoms with Gasteiger partial charge < -0.3 is 9.84 Å². The summed E-state index contributed by atoms with van der Waals surface area (Å²) >= 11 is 0. The van der Waals surface area contributed by atoms with Crippen molar-refractivity contribution in [3.8, 4) is 0 Å². The molecule has 0 aromatic rings. The molecule has 0 amide bonds. The van der Waals surface area contributed by atoms with Crippen LogP contribution in [-0.4, -0.2) is 24.4 Å². The summed E-state index contributed by atoms with van der Waals surface area (Å²) in [5, 5.41) is 9.54. The Labute approximate surface area is 81.3 Å². The molecule has 1 N–H and O–H groups in total. The largest absolute Gasteiger partial charge is 0.396 e. The molecule has 0 aliphatic carbocycles. The predicted octanol–water partition coefficient (Wildman–Crippen LogP) is 2.21. The first-order chi connectivity index (χ1) is 6.21. The van der Waals surface area contributed by atoms with Crippen LogP contribution < -0.4 is 0 Å². The molecule has 1 rings (SSSR count). The van der Waals surface area contributed by atoms with E-state index in [-0.39, 0.29) is 18.1 Å². The van der Waals surface area contributed by atoms with Crippen LogP contribution in [0.2, 0.25) is 0 Å². The van der Waals surface area contributed by atoms with E-state index in [1.54, 1.807) is 0 Å². The second-order valence-corrected chi connectivity index (χ2v) is 4.17. The topological polar surface area (TPSA) is 29.5 Å². The number of aliphatic hydroxyl groups excluding tert-OH is 1. The van der Waals surface area contributed by atoms with Gasteiger partial charge in [0.2, 0.25) is 0 Å². The highest BCUT2D eigenvalue weighted by Gasteiger charge is 2.45. The lowest BCUT2D eigenvalue weighted by Gasteiger charge is -2.37. The summed E-state index contributed by atoms with van der Waals surface area (Å²) in [5.41, 5.74) is 0.0451. The van der Waals surface area contributed by atoms with E-state index in [4.69, 9.17) is 4.74 Å². The molecule has 0 bridgehead atoms. The van der Waals surface area contributed by atoms with Crippen molar-refractivity contribution in [1.29, 1.82) is 0 Å². The van der Waals surface area contributed by atoms with E-state index in [0.717, 1.165) is 25.9 Å². The van der Waals surface area contributed by atoms with Crippen LogP contribution in [0.4, 0.5) is 0 Å². The van der Waals surface area contributed by atoms with E-state index in [0.29, 0.717) is 5.92 Å². The number of hydrogen-bond donors (Lipinski definition) is 1. The van der Waals surface area contributed by atoms with Gasteiger partial charge in [-0.3, -0.25) is 0 Å². The summed E-state index contributed by atoms with van der Waals surface area (Å²) in [6.45, 7) is 7.60. The first kappa shape index (κ1) is 11.0. The predicted molar refractivity (Wildman–Crippen MR) is 53.6 cm³/mol. The molecule has 78 valence electrons. The van der Waals surface area contributed by atoms with Gasteiger partial charge in [0, 0.05) is 12.0 Å². The fourth-order valence-corrected chi connectivity index (χ4v) is 2.77. The van der Waals surface area contributed by atoms with E-state index < -0.39 is 0 Å². The van der Waals surface area contributed by atoms with Crippen molar-refractivity contribution in [2.75, 3.05) is 13.2 Å². The lowest BCUT2D eigenvalue weighted by atomic mass is 9.69. The van der Waals surface area contributed by atoms with E-state index in [1.807, 2.05) is 0 Å². The Hall–Kier alpha value is -0.0800. The van der Waals surface area contributed by atoms with Gasteiger partial charge in [-0.05, 0) is 19.3 Å². The molecular weight excluding hydrogens is 164 g/mol. The minimum absolute atomic E-state index is 0.0451. The van der Waals surface area contributed by atoms with E-state index >= 15 is 0 Å². The second kappa shape index (κ2) is 4.43. The van der Waals surface area contributed by atoms with Gasteiger partial charge in [-0.25, -0.2) is 0 Å². The van der Waals surface area contributed by atoms with Gasteiger partial charge >= 0.3 is 0 Å². The van der Waals surface area contributed by atoms with Crippen molar-refractivity contribution in [1.82, 2.24) is 0 Å². The van der Waals surface area contributed by atoms with Crippen molar-refractivity contribution >= 4 is 0 Å². The molecule has 0 radical (unpaired) electrons. The lowest BCUT2D eigenvalue weighted by Crippen LogP contribution is -2.39. The molecule has 1 saturated heterocycles. The minimum atomic E-state index is 0.0451. The highest BCUT2D eigenvalue weighted by Crippen LogP contribution is 2.44. The highest BCUT2D eigenvalue weighted by atomic mass is 16.5. The van der Waals surface area contributed by atoms with Gasteiger partial charge in [0.1, 0.15) is 0 Å². The van der Waals surface area contributed by atoms with Crippen LogP contribution in [0.5, 0.6) is 0 Å². The zero-order valence-corrected chi connectivity index (χ0v) is 9.05. The van der Waals surface area contributed by atoms with E-state index in [1.165, 1.54) is 0 Å². The van der Waals surface area contributed by atoms with E-state index in [9.17, 15) is 5.11 Å². The van der Waals surface area contributed by atoms with Crippen molar-refractivity contribution < 1.29 is 9.84 Å². The molecular formula is C11H22O2. The Kier molecular flexibility index (Phi) is 3.74. The molecule has 0 aromatic carbocycles. The molecule has 0 aromatic heterocycles. The highest BCUT2D eigenvalue weighted by molar-refractivity contribution is 4.93. The smallest absolute Gasteiger partial charge is 0.0628 e. The van der Waals surface area contributed by atoms with Gasteiger partial charge in [-0.1, -0.05) is 26.7 Å². The lowest BCUT2D eigenvalue weighted by molar-refractivity contribution is -0.0148. The molecule has 2 atom stereocenters. The Morgan fingerprint density at radius 2 is 2.08 bits per heavy atom. The van der Waals surface area contributed by atoms with Crippen LogP contribution in [0.15, 0.2) is 0 Å². The van der Waals surface area contributed by atoms with Gasteiger partial charge in [0.05, 0.1) is 12.7 Å². The molecule has 1 heterocycles. The maximum Gasteiger partial charge on any atom is 0.0628 e. The maximum absolute atomic E-state index is 9.54. The Balaban J connectivity index is 2.77. The molecule has 2 unspecified atom stereocenters. The summed E-state index contributed by atoms with van der Waals surface area (Å²) in [6.07, 6.45) is 3.54. The first-order valence-corrected chi connectivity index (χ1v) is 5.43. The molecule has 1 aliphatic rings. The zero-order valence-electron chi connectivity index (χ0n) is 9.05. The zero-order chi connectivity index (χ0) is 9.90. The normalized spacial score (nSPS) is 34.4. The Morgan fingerprint density at radius 1 is 1.46 bits per heavy atom. The van der Waals surface area contributed by atoms with Crippen LogP contribution in [0, 0.1) is 11.3 Å². The molecule has 2 nitrogen and oxygen atoms in total.